The van der Waals surface area contributed by atoms with Crippen molar-refractivity contribution in [3.63, 3.8) is 0 Å². The Labute approximate surface area is 120 Å². The van der Waals surface area contributed by atoms with Crippen LogP contribution in [-0.2, 0) is 6.54 Å². The smallest absolute Gasteiger partial charge is 0.251 e. The lowest BCUT2D eigenvalue weighted by Gasteiger charge is -2.07. The van der Waals surface area contributed by atoms with E-state index in [1.54, 1.807) is 12.1 Å². The standard InChI is InChI=1S/C15H13FN2O3/c16-11-4-10(5-12(17)6-11)15(19)18-7-9-1-2-13-14(3-9)21-8-20-13/h1-6H,7-8,17H2,(H,18,19). The van der Waals surface area contributed by atoms with Crippen LogP contribution in [0.3, 0.4) is 0 Å². The number of carbonyl (C=O) groups is 1. The van der Waals surface area contributed by atoms with Gasteiger partial charge in [0, 0.05) is 17.8 Å². The van der Waals surface area contributed by atoms with Crippen molar-refractivity contribution < 1.29 is 18.7 Å². The lowest BCUT2D eigenvalue weighted by Crippen LogP contribution is -2.23. The molecule has 0 radical (unpaired) electrons. The number of halogens is 1. The number of nitrogens with two attached hydrogens (primary N) is 1. The van der Waals surface area contributed by atoms with E-state index in [-0.39, 0.29) is 24.0 Å². The first-order valence-electron chi connectivity index (χ1n) is 6.34. The second-order valence-electron chi connectivity index (χ2n) is 4.64. The second kappa shape index (κ2) is 5.32. The summed E-state index contributed by atoms with van der Waals surface area (Å²) in [5, 5.41) is 2.70. The lowest BCUT2D eigenvalue weighted by atomic mass is 10.1. The van der Waals surface area contributed by atoms with Gasteiger partial charge in [0.05, 0.1) is 0 Å². The Bertz CT molecular complexity index is 683. The summed E-state index contributed by atoms with van der Waals surface area (Å²) in [6.07, 6.45) is 0. The van der Waals surface area contributed by atoms with Crippen molar-refractivity contribution in [1.82, 2.24) is 5.32 Å². The molecule has 0 bridgehead atoms. The summed E-state index contributed by atoms with van der Waals surface area (Å²) < 4.78 is 23.7. The number of benzene rings is 2. The van der Waals surface area contributed by atoms with Crippen molar-refractivity contribution >= 4 is 11.6 Å². The Morgan fingerprint density at radius 3 is 2.81 bits per heavy atom. The highest BCUT2D eigenvalue weighted by Gasteiger charge is 2.14. The maximum Gasteiger partial charge on any atom is 0.251 e. The molecule has 0 saturated carbocycles. The van der Waals surface area contributed by atoms with Gasteiger partial charge in [-0.25, -0.2) is 4.39 Å². The molecule has 6 heteroatoms. The van der Waals surface area contributed by atoms with E-state index in [1.807, 2.05) is 6.07 Å². The van der Waals surface area contributed by atoms with Gasteiger partial charge in [-0.1, -0.05) is 6.07 Å². The molecule has 0 aromatic heterocycles. The number of carbonyl (C=O) groups excluding carboxylic acids is 1. The van der Waals surface area contributed by atoms with E-state index < -0.39 is 5.82 Å². The quantitative estimate of drug-likeness (QED) is 0.848. The maximum absolute atomic E-state index is 13.2. The fourth-order valence-electron chi connectivity index (χ4n) is 2.08. The number of anilines is 1. The van der Waals surface area contributed by atoms with E-state index in [1.165, 1.54) is 6.07 Å². The van der Waals surface area contributed by atoms with Gasteiger partial charge in [0.15, 0.2) is 11.5 Å². The van der Waals surface area contributed by atoms with Crippen LogP contribution in [-0.4, -0.2) is 12.7 Å². The number of ether oxygens (including phenoxy) is 2. The van der Waals surface area contributed by atoms with Gasteiger partial charge < -0.3 is 20.5 Å². The van der Waals surface area contributed by atoms with Crippen molar-refractivity contribution in [2.75, 3.05) is 12.5 Å². The molecule has 5 nitrogen and oxygen atoms in total. The molecule has 0 fully saturated rings. The molecule has 3 rings (SSSR count). The molecule has 0 aliphatic carbocycles. The Morgan fingerprint density at radius 2 is 2.00 bits per heavy atom. The van der Waals surface area contributed by atoms with Gasteiger partial charge in [0.25, 0.3) is 5.91 Å². The molecule has 108 valence electrons. The molecule has 3 N–H and O–H groups in total. The fraction of sp³-hybridized carbons (Fsp3) is 0.133. The van der Waals surface area contributed by atoms with Crippen LogP contribution in [0.25, 0.3) is 0 Å². The molecule has 0 spiro atoms. The zero-order valence-electron chi connectivity index (χ0n) is 11.1. The van der Waals surface area contributed by atoms with Crippen molar-refractivity contribution in [2.24, 2.45) is 0 Å². The normalized spacial score (nSPS) is 12.2. The Balaban J connectivity index is 1.68. The minimum Gasteiger partial charge on any atom is -0.454 e. The minimum absolute atomic E-state index is 0.188. The maximum atomic E-state index is 13.2. The van der Waals surface area contributed by atoms with E-state index >= 15 is 0 Å². The third-order valence-corrected chi connectivity index (χ3v) is 3.07. The van der Waals surface area contributed by atoms with E-state index in [9.17, 15) is 9.18 Å². The largest absolute Gasteiger partial charge is 0.454 e. The van der Waals surface area contributed by atoms with Gasteiger partial charge in [0.2, 0.25) is 6.79 Å². The summed E-state index contributed by atoms with van der Waals surface area (Å²) in [6, 6.07) is 9.14. The predicted octanol–water partition coefficient (Wildman–Crippen LogP) is 2.07. The van der Waals surface area contributed by atoms with Gasteiger partial charge in [-0.3, -0.25) is 4.79 Å². The number of nitrogen functional groups attached to an aromatic ring is 1. The van der Waals surface area contributed by atoms with Gasteiger partial charge >= 0.3 is 0 Å². The van der Waals surface area contributed by atoms with E-state index in [2.05, 4.69) is 5.32 Å². The van der Waals surface area contributed by atoms with Crippen molar-refractivity contribution in [3.05, 3.63) is 53.3 Å². The highest BCUT2D eigenvalue weighted by Crippen LogP contribution is 2.32. The van der Waals surface area contributed by atoms with E-state index in [4.69, 9.17) is 15.2 Å². The summed E-state index contributed by atoms with van der Waals surface area (Å²) in [7, 11) is 0. The molecule has 1 heterocycles. The Morgan fingerprint density at radius 1 is 1.19 bits per heavy atom. The van der Waals surface area contributed by atoms with Crippen molar-refractivity contribution in [3.8, 4) is 11.5 Å². The molecular formula is C15H13FN2O3. The summed E-state index contributed by atoms with van der Waals surface area (Å²) >= 11 is 0. The van der Waals surface area contributed by atoms with Crippen LogP contribution < -0.4 is 20.5 Å². The van der Waals surface area contributed by atoms with Gasteiger partial charge in [0.1, 0.15) is 5.82 Å². The third-order valence-electron chi connectivity index (χ3n) is 3.07. The minimum atomic E-state index is -0.539. The molecule has 0 unspecified atom stereocenters. The third kappa shape index (κ3) is 2.89. The van der Waals surface area contributed by atoms with Crippen LogP contribution in [0.5, 0.6) is 11.5 Å². The van der Waals surface area contributed by atoms with Crippen LogP contribution in [0.1, 0.15) is 15.9 Å². The summed E-state index contributed by atoms with van der Waals surface area (Å²) in [6.45, 7) is 0.500. The summed E-state index contributed by atoms with van der Waals surface area (Å²) in [5.41, 5.74) is 6.77. The number of hydrogen-bond acceptors (Lipinski definition) is 4. The molecule has 1 aliphatic heterocycles. The van der Waals surface area contributed by atoms with Gasteiger partial charge in [-0.2, -0.15) is 0 Å². The number of hydrogen-bond donors (Lipinski definition) is 2. The average Bonchev–Trinajstić information content (AvgIpc) is 2.91. The van der Waals surface area contributed by atoms with Crippen LogP contribution in [0, 0.1) is 5.82 Å². The molecule has 2 aromatic rings. The topological polar surface area (TPSA) is 73.6 Å². The van der Waals surface area contributed by atoms with E-state index in [0.717, 1.165) is 17.7 Å². The number of amides is 1. The predicted molar refractivity (Wildman–Crippen MR) is 74.5 cm³/mol. The van der Waals surface area contributed by atoms with Crippen molar-refractivity contribution in [1.29, 1.82) is 0 Å². The average molecular weight is 288 g/mol. The molecule has 21 heavy (non-hydrogen) atoms. The van der Waals surface area contributed by atoms with Gasteiger partial charge in [-0.05, 0) is 35.9 Å². The van der Waals surface area contributed by atoms with Crippen LogP contribution in [0.15, 0.2) is 36.4 Å². The zero-order valence-corrected chi connectivity index (χ0v) is 11.1. The number of fused-ring (bicyclic) bond motifs is 1. The molecular weight excluding hydrogens is 275 g/mol. The van der Waals surface area contributed by atoms with Crippen LogP contribution in [0.4, 0.5) is 10.1 Å². The van der Waals surface area contributed by atoms with Gasteiger partial charge in [-0.15, -0.1) is 0 Å². The molecule has 1 amide bonds. The lowest BCUT2D eigenvalue weighted by molar-refractivity contribution is 0.0950. The SMILES string of the molecule is Nc1cc(F)cc(C(=O)NCc2ccc3c(c2)OCO3)c1. The molecule has 1 aliphatic rings. The van der Waals surface area contributed by atoms with Crippen molar-refractivity contribution in [2.45, 2.75) is 6.54 Å². The van der Waals surface area contributed by atoms with Crippen LogP contribution >= 0.6 is 0 Å². The van der Waals surface area contributed by atoms with E-state index in [0.29, 0.717) is 18.0 Å². The summed E-state index contributed by atoms with van der Waals surface area (Å²) in [5.74, 6) is 0.404. The molecule has 2 aromatic carbocycles. The number of nitrogens with one attached hydrogen (secondary N) is 1. The zero-order chi connectivity index (χ0) is 14.8. The Hall–Kier alpha value is -2.76. The second-order valence-corrected chi connectivity index (χ2v) is 4.64. The fourth-order valence-corrected chi connectivity index (χ4v) is 2.08. The molecule has 0 atom stereocenters. The summed E-state index contributed by atoms with van der Waals surface area (Å²) in [4.78, 5) is 12.0. The monoisotopic (exact) mass is 288 g/mol. The number of rotatable bonds is 3. The first kappa shape index (κ1) is 13.2. The van der Waals surface area contributed by atoms with Crippen LogP contribution in [0.2, 0.25) is 0 Å². The Kier molecular flexibility index (Phi) is 3.35. The molecule has 0 saturated heterocycles. The first-order valence-corrected chi connectivity index (χ1v) is 6.34. The first-order chi connectivity index (χ1) is 10.1. The highest BCUT2D eigenvalue weighted by atomic mass is 19.1. The highest BCUT2D eigenvalue weighted by molar-refractivity contribution is 5.95.